The SMILES string of the molecule is CN(C)CCN(Cc1ccc(F)cc1)C(=O)c1cccc(S(=O)(=O)N2CCCC(C)(C)C2)c1. The van der Waals surface area contributed by atoms with Crippen LogP contribution in [0.4, 0.5) is 4.39 Å². The Hall–Kier alpha value is -2.29. The second kappa shape index (κ2) is 10.3. The lowest BCUT2D eigenvalue weighted by Crippen LogP contribution is -2.43. The molecule has 8 heteroatoms. The highest BCUT2D eigenvalue weighted by Crippen LogP contribution is 2.32. The predicted molar refractivity (Wildman–Crippen MR) is 128 cm³/mol. The van der Waals surface area contributed by atoms with E-state index in [2.05, 4.69) is 13.8 Å². The largest absolute Gasteiger partial charge is 0.333 e. The lowest BCUT2D eigenvalue weighted by atomic mass is 9.85. The number of rotatable bonds is 8. The van der Waals surface area contributed by atoms with E-state index in [4.69, 9.17) is 0 Å². The topological polar surface area (TPSA) is 60.9 Å². The van der Waals surface area contributed by atoms with E-state index in [-0.39, 0.29) is 22.0 Å². The van der Waals surface area contributed by atoms with Gasteiger partial charge in [-0.2, -0.15) is 4.31 Å². The Labute approximate surface area is 197 Å². The number of benzene rings is 2. The third-order valence-corrected chi connectivity index (χ3v) is 7.82. The van der Waals surface area contributed by atoms with Gasteiger partial charge in [0.15, 0.2) is 0 Å². The summed E-state index contributed by atoms with van der Waals surface area (Å²) in [6.07, 6.45) is 1.81. The van der Waals surface area contributed by atoms with E-state index in [0.717, 1.165) is 18.4 Å². The van der Waals surface area contributed by atoms with Gasteiger partial charge >= 0.3 is 0 Å². The van der Waals surface area contributed by atoms with E-state index >= 15 is 0 Å². The lowest BCUT2D eigenvalue weighted by molar-refractivity contribution is 0.0731. The molecule has 1 aliphatic rings. The summed E-state index contributed by atoms with van der Waals surface area (Å²) in [5.41, 5.74) is 1.06. The third kappa shape index (κ3) is 6.62. The van der Waals surface area contributed by atoms with Crippen molar-refractivity contribution < 1.29 is 17.6 Å². The molecule has 180 valence electrons. The van der Waals surface area contributed by atoms with Crippen LogP contribution in [-0.2, 0) is 16.6 Å². The first-order valence-corrected chi connectivity index (χ1v) is 12.7. The highest BCUT2D eigenvalue weighted by atomic mass is 32.2. The first-order valence-electron chi connectivity index (χ1n) is 11.3. The summed E-state index contributed by atoms with van der Waals surface area (Å²) in [6, 6.07) is 12.4. The fourth-order valence-electron chi connectivity index (χ4n) is 4.08. The molecule has 1 heterocycles. The average molecular weight is 476 g/mol. The zero-order valence-corrected chi connectivity index (χ0v) is 20.7. The monoisotopic (exact) mass is 475 g/mol. The van der Waals surface area contributed by atoms with Gasteiger partial charge in [-0.1, -0.05) is 32.0 Å². The van der Waals surface area contributed by atoms with Crippen molar-refractivity contribution in [1.82, 2.24) is 14.1 Å². The van der Waals surface area contributed by atoms with Gasteiger partial charge in [-0.3, -0.25) is 4.79 Å². The molecular weight excluding hydrogens is 441 g/mol. The molecule has 0 aromatic heterocycles. The van der Waals surface area contributed by atoms with E-state index in [9.17, 15) is 17.6 Å². The van der Waals surface area contributed by atoms with Crippen LogP contribution in [0.3, 0.4) is 0 Å². The van der Waals surface area contributed by atoms with Crippen molar-refractivity contribution in [2.24, 2.45) is 5.41 Å². The Kier molecular flexibility index (Phi) is 7.92. The standard InChI is InChI=1S/C25H34FN3O3S/c1-25(2)13-6-14-29(19-25)33(31,32)23-8-5-7-21(17-23)24(30)28(16-15-27(3)4)18-20-9-11-22(26)12-10-20/h5,7-12,17H,6,13-16,18-19H2,1-4H3. The van der Waals surface area contributed by atoms with Crippen LogP contribution in [0.1, 0.15) is 42.6 Å². The van der Waals surface area contributed by atoms with E-state index in [1.54, 1.807) is 35.2 Å². The van der Waals surface area contributed by atoms with Gasteiger partial charge in [-0.25, -0.2) is 12.8 Å². The van der Waals surface area contributed by atoms with Crippen molar-refractivity contribution in [3.05, 3.63) is 65.5 Å². The average Bonchev–Trinajstić information content (AvgIpc) is 2.76. The molecule has 0 N–H and O–H groups in total. The number of likely N-dealkylation sites (N-methyl/N-ethyl adjacent to an activating group) is 1. The third-order valence-electron chi connectivity index (χ3n) is 5.98. The molecule has 6 nitrogen and oxygen atoms in total. The number of carbonyl (C=O) groups excluding carboxylic acids is 1. The number of nitrogens with zero attached hydrogens (tertiary/aromatic N) is 3. The van der Waals surface area contributed by atoms with Crippen LogP contribution in [0, 0.1) is 11.2 Å². The molecule has 33 heavy (non-hydrogen) atoms. The Morgan fingerprint density at radius 3 is 2.42 bits per heavy atom. The molecule has 3 rings (SSSR count). The number of carbonyl (C=O) groups is 1. The van der Waals surface area contributed by atoms with E-state index in [1.165, 1.54) is 22.5 Å². The van der Waals surface area contributed by atoms with Gasteiger partial charge in [0.1, 0.15) is 5.82 Å². The molecular formula is C25H34FN3O3S. The lowest BCUT2D eigenvalue weighted by Gasteiger charge is -2.37. The van der Waals surface area contributed by atoms with Gasteiger partial charge < -0.3 is 9.80 Å². The molecule has 0 unspecified atom stereocenters. The van der Waals surface area contributed by atoms with Crippen LogP contribution in [0.15, 0.2) is 53.4 Å². The fourth-order valence-corrected chi connectivity index (χ4v) is 5.79. The molecule has 0 spiro atoms. The zero-order chi connectivity index (χ0) is 24.2. The molecule has 0 bridgehead atoms. The van der Waals surface area contributed by atoms with E-state index in [1.807, 2.05) is 19.0 Å². The summed E-state index contributed by atoms with van der Waals surface area (Å²) in [5.74, 6) is -0.582. The minimum absolute atomic E-state index is 0.0725. The van der Waals surface area contributed by atoms with E-state index in [0.29, 0.717) is 38.3 Å². The van der Waals surface area contributed by atoms with Crippen LogP contribution in [-0.4, -0.2) is 68.7 Å². The van der Waals surface area contributed by atoms with Gasteiger partial charge in [-0.15, -0.1) is 0 Å². The zero-order valence-electron chi connectivity index (χ0n) is 19.9. The van der Waals surface area contributed by atoms with Gasteiger partial charge in [0.2, 0.25) is 10.0 Å². The molecule has 0 radical (unpaired) electrons. The molecule has 0 atom stereocenters. The van der Waals surface area contributed by atoms with Crippen molar-refractivity contribution in [2.45, 2.75) is 38.1 Å². The molecule has 0 saturated carbocycles. The maximum absolute atomic E-state index is 13.4. The smallest absolute Gasteiger partial charge is 0.254 e. The molecule has 2 aromatic rings. The molecule has 2 aromatic carbocycles. The first-order chi connectivity index (χ1) is 15.5. The van der Waals surface area contributed by atoms with Gasteiger partial charge in [-0.05, 0) is 68.2 Å². The second-order valence-electron chi connectivity index (χ2n) is 9.79. The van der Waals surface area contributed by atoms with Crippen molar-refractivity contribution in [2.75, 3.05) is 40.3 Å². The number of piperidine rings is 1. The summed E-state index contributed by atoms with van der Waals surface area (Å²) in [4.78, 5) is 17.2. The Balaban J connectivity index is 1.86. The predicted octanol–water partition coefficient (Wildman–Crippen LogP) is 3.84. The maximum atomic E-state index is 13.4. The number of halogens is 1. The van der Waals surface area contributed by atoms with Crippen LogP contribution < -0.4 is 0 Å². The number of hydrogen-bond donors (Lipinski definition) is 0. The summed E-state index contributed by atoms with van der Waals surface area (Å²) >= 11 is 0. The van der Waals surface area contributed by atoms with Crippen molar-refractivity contribution in [3.63, 3.8) is 0 Å². The normalized spacial score (nSPS) is 16.7. The highest BCUT2D eigenvalue weighted by molar-refractivity contribution is 7.89. The fraction of sp³-hybridized carbons (Fsp3) is 0.480. The van der Waals surface area contributed by atoms with Crippen molar-refractivity contribution in [1.29, 1.82) is 0 Å². The van der Waals surface area contributed by atoms with Crippen LogP contribution in [0.25, 0.3) is 0 Å². The van der Waals surface area contributed by atoms with E-state index < -0.39 is 10.0 Å². The molecule has 1 amide bonds. The maximum Gasteiger partial charge on any atom is 0.254 e. The minimum Gasteiger partial charge on any atom is -0.333 e. The van der Waals surface area contributed by atoms with Crippen LogP contribution in [0.2, 0.25) is 0 Å². The minimum atomic E-state index is -3.69. The Morgan fingerprint density at radius 1 is 1.09 bits per heavy atom. The van der Waals surface area contributed by atoms with Crippen molar-refractivity contribution in [3.8, 4) is 0 Å². The van der Waals surface area contributed by atoms with Crippen molar-refractivity contribution >= 4 is 15.9 Å². The number of amides is 1. The quantitative estimate of drug-likeness (QED) is 0.582. The second-order valence-corrected chi connectivity index (χ2v) is 11.7. The van der Waals surface area contributed by atoms with Crippen LogP contribution >= 0.6 is 0 Å². The molecule has 1 fully saturated rings. The summed E-state index contributed by atoms with van der Waals surface area (Å²) in [7, 11) is 0.157. The summed E-state index contributed by atoms with van der Waals surface area (Å²) in [5, 5.41) is 0. The van der Waals surface area contributed by atoms with Gasteiger partial charge in [0, 0.05) is 38.3 Å². The Bertz CT molecular complexity index is 1070. The van der Waals surface area contributed by atoms with Crippen LogP contribution in [0.5, 0.6) is 0 Å². The number of sulfonamides is 1. The first kappa shape index (κ1) is 25.3. The summed E-state index contributed by atoms with van der Waals surface area (Å²) in [6.45, 7) is 6.52. The van der Waals surface area contributed by atoms with Gasteiger partial charge in [0.05, 0.1) is 4.90 Å². The Morgan fingerprint density at radius 2 is 1.79 bits per heavy atom. The summed E-state index contributed by atoms with van der Waals surface area (Å²) < 4.78 is 41.5. The molecule has 1 saturated heterocycles. The number of hydrogen-bond acceptors (Lipinski definition) is 4. The molecule has 0 aliphatic carbocycles. The highest BCUT2D eigenvalue weighted by Gasteiger charge is 2.34. The van der Waals surface area contributed by atoms with Gasteiger partial charge in [0.25, 0.3) is 5.91 Å². The molecule has 1 aliphatic heterocycles.